The van der Waals surface area contributed by atoms with Crippen molar-refractivity contribution in [3.63, 3.8) is 0 Å². The average molecular weight is 321 g/mol. The van der Waals surface area contributed by atoms with Crippen molar-refractivity contribution in [1.82, 2.24) is 4.98 Å². The van der Waals surface area contributed by atoms with E-state index in [1.807, 2.05) is 6.07 Å². The van der Waals surface area contributed by atoms with Gasteiger partial charge in [-0.25, -0.2) is 0 Å². The van der Waals surface area contributed by atoms with Crippen molar-refractivity contribution in [1.29, 1.82) is 0 Å². The van der Waals surface area contributed by atoms with Crippen LogP contribution in [0.1, 0.15) is 33.6 Å². The number of rotatable bonds is 4. The van der Waals surface area contributed by atoms with Gasteiger partial charge in [0.25, 0.3) is 0 Å². The maximum absolute atomic E-state index is 12.4. The predicted molar refractivity (Wildman–Crippen MR) is 77.5 cm³/mol. The van der Waals surface area contributed by atoms with E-state index >= 15 is 0 Å². The first-order valence-corrected chi connectivity index (χ1v) is 7.24. The predicted octanol–water partition coefficient (Wildman–Crippen LogP) is 3.85. The minimum atomic E-state index is -4.44. The second-order valence-corrected chi connectivity index (χ2v) is 5.39. The number of aryl methyl sites for hydroxylation is 1. The second kappa shape index (κ2) is 6.02. The van der Waals surface area contributed by atoms with Gasteiger partial charge in [-0.3, -0.25) is 9.78 Å². The van der Waals surface area contributed by atoms with Gasteiger partial charge in [-0.1, -0.05) is 6.07 Å². The smallest absolute Gasteiger partial charge is 0.433 e. The number of Topliss-reactive ketones (excluding diaryl/α,β-unsaturated/α-hetero) is 1. The highest BCUT2D eigenvalue weighted by atomic mass is 19.4. The normalized spacial score (nSPS) is 13.5. The Labute approximate surface area is 131 Å². The Hall–Kier alpha value is -2.37. The molecule has 0 radical (unpaired) electrons. The van der Waals surface area contributed by atoms with Crippen LogP contribution in [-0.2, 0) is 19.0 Å². The van der Waals surface area contributed by atoms with Crippen LogP contribution in [0.4, 0.5) is 13.2 Å². The third-order valence-corrected chi connectivity index (χ3v) is 3.77. The molecule has 3 nitrogen and oxygen atoms in total. The molecule has 0 spiro atoms. The number of ether oxygens (including phenoxy) is 1. The molecule has 0 saturated heterocycles. The largest absolute Gasteiger partial charge is 0.493 e. The third kappa shape index (κ3) is 3.52. The van der Waals surface area contributed by atoms with Gasteiger partial charge in [0.1, 0.15) is 11.4 Å². The number of alkyl halides is 3. The number of pyridine rings is 1. The molecule has 0 saturated carbocycles. The third-order valence-electron chi connectivity index (χ3n) is 3.77. The first-order chi connectivity index (χ1) is 10.9. The fourth-order valence-electron chi connectivity index (χ4n) is 2.50. The van der Waals surface area contributed by atoms with E-state index in [0.29, 0.717) is 24.2 Å². The van der Waals surface area contributed by atoms with Crippen LogP contribution in [0.5, 0.6) is 5.75 Å². The lowest BCUT2D eigenvalue weighted by atomic mass is 10.0. The summed E-state index contributed by atoms with van der Waals surface area (Å²) in [6, 6.07) is 7.63. The van der Waals surface area contributed by atoms with E-state index < -0.39 is 11.9 Å². The van der Waals surface area contributed by atoms with Crippen LogP contribution >= 0.6 is 0 Å². The molecule has 1 aliphatic rings. The molecule has 0 amide bonds. The monoisotopic (exact) mass is 321 g/mol. The van der Waals surface area contributed by atoms with Crippen molar-refractivity contribution in [2.24, 2.45) is 0 Å². The molecule has 0 unspecified atom stereocenters. The van der Waals surface area contributed by atoms with E-state index in [-0.39, 0.29) is 12.2 Å². The molecule has 6 heteroatoms. The van der Waals surface area contributed by atoms with Crippen LogP contribution in [-0.4, -0.2) is 17.4 Å². The molecule has 0 aliphatic carbocycles. The first-order valence-electron chi connectivity index (χ1n) is 7.24. The standard InChI is InChI=1S/C17H14F3NO2/c18-17(19,20)16-6-2-11(10-21-16)1-4-14(22)12-3-5-15-13(9-12)7-8-23-15/h2-3,5-6,9-10H,1,4,7-8H2. The molecule has 1 aromatic heterocycles. The van der Waals surface area contributed by atoms with Crippen LogP contribution < -0.4 is 4.74 Å². The number of carbonyl (C=O) groups excluding carboxylic acids is 1. The summed E-state index contributed by atoms with van der Waals surface area (Å²) in [5, 5.41) is 0. The van der Waals surface area contributed by atoms with Crippen LogP contribution in [0.2, 0.25) is 0 Å². The van der Waals surface area contributed by atoms with Gasteiger partial charge < -0.3 is 4.74 Å². The number of ketones is 1. The number of halogens is 3. The number of aromatic nitrogens is 1. The minimum Gasteiger partial charge on any atom is -0.493 e. The summed E-state index contributed by atoms with van der Waals surface area (Å²) in [5.41, 5.74) is 1.31. The molecular formula is C17H14F3NO2. The van der Waals surface area contributed by atoms with Gasteiger partial charge in [-0.2, -0.15) is 13.2 Å². The zero-order valence-electron chi connectivity index (χ0n) is 12.2. The molecule has 2 heterocycles. The van der Waals surface area contributed by atoms with Crippen molar-refractivity contribution >= 4 is 5.78 Å². The van der Waals surface area contributed by atoms with Crippen molar-refractivity contribution in [2.45, 2.75) is 25.4 Å². The first kappa shape index (κ1) is 15.5. The van der Waals surface area contributed by atoms with Crippen molar-refractivity contribution in [3.8, 4) is 5.75 Å². The fraction of sp³-hybridized carbons (Fsp3) is 0.294. The molecule has 2 aromatic rings. The molecule has 0 N–H and O–H groups in total. The molecule has 1 aromatic carbocycles. The Morgan fingerprint density at radius 3 is 2.74 bits per heavy atom. The SMILES string of the molecule is O=C(CCc1ccc(C(F)(F)F)nc1)c1ccc2c(c1)CCO2. The Balaban J connectivity index is 1.63. The highest BCUT2D eigenvalue weighted by Gasteiger charge is 2.31. The van der Waals surface area contributed by atoms with Crippen LogP contribution in [0.3, 0.4) is 0 Å². The summed E-state index contributed by atoms with van der Waals surface area (Å²) in [6.07, 6.45) is -1.89. The lowest BCUT2D eigenvalue weighted by Crippen LogP contribution is -2.08. The zero-order chi connectivity index (χ0) is 16.4. The molecule has 0 fully saturated rings. The topological polar surface area (TPSA) is 39.2 Å². The summed E-state index contributed by atoms with van der Waals surface area (Å²) in [5.74, 6) is 0.771. The second-order valence-electron chi connectivity index (χ2n) is 5.39. The molecule has 23 heavy (non-hydrogen) atoms. The van der Waals surface area contributed by atoms with Gasteiger partial charge in [0.05, 0.1) is 6.61 Å². The summed E-state index contributed by atoms with van der Waals surface area (Å²) in [4.78, 5) is 15.6. The lowest BCUT2D eigenvalue weighted by molar-refractivity contribution is -0.141. The Morgan fingerprint density at radius 1 is 1.22 bits per heavy atom. The van der Waals surface area contributed by atoms with Crippen LogP contribution in [0, 0.1) is 0 Å². The van der Waals surface area contributed by atoms with Crippen molar-refractivity contribution < 1.29 is 22.7 Å². The average Bonchev–Trinajstić information content (AvgIpc) is 2.99. The summed E-state index contributed by atoms with van der Waals surface area (Å²) < 4.78 is 42.7. The molecule has 1 aliphatic heterocycles. The minimum absolute atomic E-state index is 0.0420. The molecule has 0 bridgehead atoms. The van der Waals surface area contributed by atoms with E-state index in [9.17, 15) is 18.0 Å². The maximum atomic E-state index is 12.4. The molecular weight excluding hydrogens is 307 g/mol. The van der Waals surface area contributed by atoms with E-state index in [4.69, 9.17) is 4.74 Å². The van der Waals surface area contributed by atoms with E-state index in [2.05, 4.69) is 4.98 Å². The van der Waals surface area contributed by atoms with Crippen LogP contribution in [0.25, 0.3) is 0 Å². The van der Waals surface area contributed by atoms with E-state index in [0.717, 1.165) is 23.8 Å². The Kier molecular flexibility index (Phi) is 4.07. The Morgan fingerprint density at radius 2 is 2.04 bits per heavy atom. The maximum Gasteiger partial charge on any atom is 0.433 e. The van der Waals surface area contributed by atoms with Crippen molar-refractivity contribution in [3.05, 3.63) is 58.9 Å². The van der Waals surface area contributed by atoms with Gasteiger partial charge in [0.15, 0.2) is 5.78 Å². The lowest BCUT2D eigenvalue weighted by Gasteiger charge is -2.07. The Bertz CT molecular complexity index is 724. The van der Waals surface area contributed by atoms with Crippen LogP contribution in [0.15, 0.2) is 36.5 Å². The zero-order valence-corrected chi connectivity index (χ0v) is 12.2. The van der Waals surface area contributed by atoms with Crippen molar-refractivity contribution in [2.75, 3.05) is 6.61 Å². The van der Waals surface area contributed by atoms with Gasteiger partial charge in [0.2, 0.25) is 0 Å². The molecule has 3 rings (SSSR count). The molecule has 0 atom stereocenters. The number of hydrogen-bond donors (Lipinski definition) is 0. The number of nitrogens with zero attached hydrogens (tertiary/aromatic N) is 1. The number of benzene rings is 1. The van der Waals surface area contributed by atoms with E-state index in [1.54, 1.807) is 12.1 Å². The fourth-order valence-corrected chi connectivity index (χ4v) is 2.50. The number of hydrogen-bond acceptors (Lipinski definition) is 3. The highest BCUT2D eigenvalue weighted by Crippen LogP contribution is 2.28. The van der Waals surface area contributed by atoms with E-state index in [1.165, 1.54) is 12.3 Å². The van der Waals surface area contributed by atoms with Gasteiger partial charge >= 0.3 is 6.18 Å². The quantitative estimate of drug-likeness (QED) is 0.803. The summed E-state index contributed by atoms with van der Waals surface area (Å²) in [6.45, 7) is 0.629. The molecule has 120 valence electrons. The summed E-state index contributed by atoms with van der Waals surface area (Å²) >= 11 is 0. The number of fused-ring (bicyclic) bond motifs is 1. The number of carbonyl (C=O) groups is 1. The van der Waals surface area contributed by atoms with Gasteiger partial charge in [-0.05, 0) is 41.8 Å². The van der Waals surface area contributed by atoms with Gasteiger partial charge in [0, 0.05) is 24.6 Å². The van der Waals surface area contributed by atoms with Gasteiger partial charge in [-0.15, -0.1) is 0 Å². The summed E-state index contributed by atoms with van der Waals surface area (Å²) in [7, 11) is 0. The highest BCUT2D eigenvalue weighted by molar-refractivity contribution is 5.96.